The van der Waals surface area contributed by atoms with E-state index in [0.717, 1.165) is 17.0 Å². The first-order valence-electron chi connectivity index (χ1n) is 8.38. The van der Waals surface area contributed by atoms with E-state index in [0.29, 0.717) is 18.7 Å². The van der Waals surface area contributed by atoms with Gasteiger partial charge in [0.2, 0.25) is 0 Å². The van der Waals surface area contributed by atoms with Crippen LogP contribution in [0.2, 0.25) is 0 Å². The van der Waals surface area contributed by atoms with E-state index < -0.39 is 0 Å². The lowest BCUT2D eigenvalue weighted by atomic mass is 10.2. The van der Waals surface area contributed by atoms with Crippen LogP contribution in [0.1, 0.15) is 21.5 Å². The van der Waals surface area contributed by atoms with Crippen molar-refractivity contribution in [3.63, 3.8) is 0 Å². The fourth-order valence-electron chi connectivity index (χ4n) is 2.49. The number of aromatic nitrogens is 1. The summed E-state index contributed by atoms with van der Waals surface area (Å²) in [4.78, 5) is 16.5. The van der Waals surface area contributed by atoms with E-state index in [1.165, 1.54) is 5.56 Å². The van der Waals surface area contributed by atoms with Gasteiger partial charge in [-0.2, -0.15) is 0 Å². The molecule has 1 heterocycles. The third-order valence-electron chi connectivity index (χ3n) is 3.95. The van der Waals surface area contributed by atoms with E-state index in [-0.39, 0.29) is 5.91 Å². The number of nitrogens with one attached hydrogen (secondary N) is 2. The highest BCUT2D eigenvalue weighted by atomic mass is 16.5. The number of rotatable bonds is 7. The van der Waals surface area contributed by atoms with Crippen LogP contribution in [0.5, 0.6) is 5.75 Å². The molecule has 2 aromatic carbocycles. The zero-order valence-electron chi connectivity index (χ0n) is 14.6. The van der Waals surface area contributed by atoms with Gasteiger partial charge in [-0.05, 0) is 29.3 Å². The number of benzene rings is 2. The van der Waals surface area contributed by atoms with Gasteiger partial charge in [0, 0.05) is 25.5 Å². The lowest BCUT2D eigenvalue weighted by Crippen LogP contribution is -2.23. The number of carbonyl (C=O) groups excluding carboxylic acids is 1. The summed E-state index contributed by atoms with van der Waals surface area (Å²) in [5.74, 6) is 0.637. The van der Waals surface area contributed by atoms with Crippen LogP contribution < -0.4 is 15.4 Å². The molecule has 2 N–H and O–H groups in total. The topological polar surface area (TPSA) is 63.2 Å². The molecule has 3 aromatic rings. The van der Waals surface area contributed by atoms with Crippen molar-refractivity contribution in [2.45, 2.75) is 13.1 Å². The summed E-state index contributed by atoms with van der Waals surface area (Å²) >= 11 is 0. The summed E-state index contributed by atoms with van der Waals surface area (Å²) in [6.07, 6.45) is 3.28. The van der Waals surface area contributed by atoms with Crippen LogP contribution in [0.4, 0.5) is 5.69 Å². The molecule has 0 atom stereocenters. The smallest absolute Gasteiger partial charge is 0.253 e. The first kappa shape index (κ1) is 17.5. The highest BCUT2D eigenvalue weighted by molar-refractivity contribution is 5.94. The fraction of sp³-hybridized carbons (Fsp3) is 0.143. The first-order chi connectivity index (χ1) is 12.7. The summed E-state index contributed by atoms with van der Waals surface area (Å²) in [7, 11) is 1.63. The fourth-order valence-corrected chi connectivity index (χ4v) is 2.49. The van der Waals surface area contributed by atoms with Crippen molar-refractivity contribution in [3.8, 4) is 5.75 Å². The van der Waals surface area contributed by atoms with Gasteiger partial charge in [-0.3, -0.25) is 9.78 Å². The predicted octanol–water partition coefficient (Wildman–Crippen LogP) is 3.63. The summed E-state index contributed by atoms with van der Waals surface area (Å²) in [5.41, 5.74) is 3.51. The molecule has 0 aliphatic heterocycles. The number of methoxy groups -OCH3 is 1. The van der Waals surface area contributed by atoms with Gasteiger partial charge in [0.1, 0.15) is 5.75 Å². The third kappa shape index (κ3) is 4.83. The van der Waals surface area contributed by atoms with E-state index in [2.05, 4.69) is 15.6 Å². The Bertz CT molecular complexity index is 849. The SMILES string of the molecule is COc1ccc(CNC(=O)c2cncc(NCc3ccccc3)c2)cc1. The zero-order chi connectivity index (χ0) is 18.2. The Balaban J connectivity index is 1.57. The average Bonchev–Trinajstić information content (AvgIpc) is 2.72. The Morgan fingerprint density at radius 2 is 1.69 bits per heavy atom. The molecule has 3 rings (SSSR count). The molecule has 0 aliphatic carbocycles. The number of ether oxygens (including phenoxy) is 1. The lowest BCUT2D eigenvalue weighted by Gasteiger charge is -2.09. The highest BCUT2D eigenvalue weighted by Crippen LogP contribution is 2.13. The second-order valence-electron chi connectivity index (χ2n) is 5.83. The number of pyridine rings is 1. The Morgan fingerprint density at radius 1 is 0.962 bits per heavy atom. The van der Waals surface area contributed by atoms with Gasteiger partial charge in [-0.15, -0.1) is 0 Å². The molecule has 0 bridgehead atoms. The van der Waals surface area contributed by atoms with Crippen LogP contribution in [0.25, 0.3) is 0 Å². The predicted molar refractivity (Wildman–Crippen MR) is 102 cm³/mol. The number of hydrogen-bond acceptors (Lipinski definition) is 4. The molecule has 5 heteroatoms. The van der Waals surface area contributed by atoms with E-state index in [9.17, 15) is 4.79 Å². The van der Waals surface area contributed by atoms with E-state index in [1.54, 1.807) is 25.6 Å². The summed E-state index contributed by atoms with van der Waals surface area (Å²) in [5, 5.41) is 6.19. The summed E-state index contributed by atoms with van der Waals surface area (Å²) < 4.78 is 5.13. The Hall–Kier alpha value is -3.34. The number of anilines is 1. The largest absolute Gasteiger partial charge is 0.497 e. The minimum Gasteiger partial charge on any atom is -0.497 e. The molecule has 0 saturated carbocycles. The zero-order valence-corrected chi connectivity index (χ0v) is 14.6. The molecule has 0 radical (unpaired) electrons. The Morgan fingerprint density at radius 3 is 2.42 bits per heavy atom. The van der Waals surface area contributed by atoms with E-state index >= 15 is 0 Å². The molecular formula is C21H21N3O2. The molecule has 0 saturated heterocycles. The summed E-state index contributed by atoms with van der Waals surface area (Å²) in [6, 6.07) is 19.5. The Labute approximate surface area is 153 Å². The van der Waals surface area contributed by atoms with Crippen LogP contribution in [-0.2, 0) is 13.1 Å². The van der Waals surface area contributed by atoms with Crippen LogP contribution in [0, 0.1) is 0 Å². The van der Waals surface area contributed by atoms with Crippen molar-refractivity contribution >= 4 is 11.6 Å². The molecular weight excluding hydrogens is 326 g/mol. The van der Waals surface area contributed by atoms with Gasteiger partial charge in [0.25, 0.3) is 5.91 Å². The van der Waals surface area contributed by atoms with Gasteiger partial charge < -0.3 is 15.4 Å². The maximum absolute atomic E-state index is 12.4. The Kier molecular flexibility index (Phi) is 5.83. The number of nitrogens with zero attached hydrogens (tertiary/aromatic N) is 1. The van der Waals surface area contributed by atoms with Crippen molar-refractivity contribution in [2.75, 3.05) is 12.4 Å². The maximum atomic E-state index is 12.4. The van der Waals surface area contributed by atoms with Crippen molar-refractivity contribution < 1.29 is 9.53 Å². The van der Waals surface area contributed by atoms with Crippen LogP contribution >= 0.6 is 0 Å². The molecule has 1 amide bonds. The first-order valence-corrected chi connectivity index (χ1v) is 8.38. The van der Waals surface area contributed by atoms with Gasteiger partial charge in [0.15, 0.2) is 0 Å². The van der Waals surface area contributed by atoms with E-state index in [1.807, 2.05) is 54.6 Å². The van der Waals surface area contributed by atoms with Crippen molar-refractivity contribution in [2.24, 2.45) is 0 Å². The second kappa shape index (κ2) is 8.67. The minimum absolute atomic E-state index is 0.156. The van der Waals surface area contributed by atoms with Gasteiger partial charge in [-0.25, -0.2) is 0 Å². The number of carbonyl (C=O) groups is 1. The summed E-state index contributed by atoms with van der Waals surface area (Å²) in [6.45, 7) is 1.13. The van der Waals surface area contributed by atoms with Crippen LogP contribution in [-0.4, -0.2) is 18.0 Å². The van der Waals surface area contributed by atoms with Crippen LogP contribution in [0.15, 0.2) is 73.1 Å². The molecule has 1 aromatic heterocycles. The van der Waals surface area contributed by atoms with Crippen molar-refractivity contribution in [1.29, 1.82) is 0 Å². The third-order valence-corrected chi connectivity index (χ3v) is 3.95. The number of hydrogen-bond donors (Lipinski definition) is 2. The van der Waals surface area contributed by atoms with Gasteiger partial charge in [0.05, 0.1) is 18.4 Å². The molecule has 132 valence electrons. The lowest BCUT2D eigenvalue weighted by molar-refractivity contribution is 0.0950. The highest BCUT2D eigenvalue weighted by Gasteiger charge is 2.07. The van der Waals surface area contributed by atoms with Gasteiger partial charge >= 0.3 is 0 Å². The normalized spacial score (nSPS) is 10.2. The van der Waals surface area contributed by atoms with Crippen molar-refractivity contribution in [3.05, 3.63) is 89.7 Å². The molecule has 0 aliphatic rings. The van der Waals surface area contributed by atoms with Gasteiger partial charge in [-0.1, -0.05) is 42.5 Å². The van der Waals surface area contributed by atoms with E-state index in [4.69, 9.17) is 4.74 Å². The standard InChI is InChI=1S/C21H21N3O2/c1-26-20-9-7-17(8-10-20)13-24-21(25)18-11-19(15-22-14-18)23-12-16-5-3-2-4-6-16/h2-11,14-15,23H,12-13H2,1H3,(H,24,25). The molecule has 0 fully saturated rings. The number of amides is 1. The van der Waals surface area contributed by atoms with Crippen LogP contribution in [0.3, 0.4) is 0 Å². The minimum atomic E-state index is -0.156. The van der Waals surface area contributed by atoms with Crippen molar-refractivity contribution in [1.82, 2.24) is 10.3 Å². The molecule has 5 nitrogen and oxygen atoms in total. The monoisotopic (exact) mass is 347 g/mol. The maximum Gasteiger partial charge on any atom is 0.253 e. The second-order valence-corrected chi connectivity index (χ2v) is 5.83. The quantitative estimate of drug-likeness (QED) is 0.685. The average molecular weight is 347 g/mol. The molecule has 0 spiro atoms. The molecule has 0 unspecified atom stereocenters. The molecule has 26 heavy (non-hydrogen) atoms.